The molecule has 102 valence electrons. The number of ether oxygens (including phenoxy) is 1. The van der Waals surface area contributed by atoms with E-state index in [9.17, 15) is 8.78 Å². The van der Waals surface area contributed by atoms with Crippen molar-refractivity contribution in [3.63, 3.8) is 0 Å². The van der Waals surface area contributed by atoms with Crippen LogP contribution in [0.25, 0.3) is 0 Å². The molecule has 0 aliphatic heterocycles. The molecule has 2 N–H and O–H groups in total. The van der Waals surface area contributed by atoms with E-state index >= 15 is 0 Å². The van der Waals surface area contributed by atoms with Crippen LogP contribution in [0, 0.1) is 0 Å². The monoisotopic (exact) mass is 286 g/mol. The zero-order valence-electron chi connectivity index (χ0n) is 10.1. The third-order valence-corrected chi connectivity index (χ3v) is 3.48. The fourth-order valence-corrected chi connectivity index (χ4v) is 2.34. The Morgan fingerprint density at radius 2 is 2.11 bits per heavy atom. The molecule has 0 fully saturated rings. The molecule has 0 atom stereocenters. The van der Waals surface area contributed by atoms with Gasteiger partial charge in [-0.1, -0.05) is 30.0 Å². The minimum Gasteiger partial charge on any atom is -0.435 e. The number of nitrogen functional groups attached to an aromatic ring is 1. The summed E-state index contributed by atoms with van der Waals surface area (Å²) in [5.74, 6) is 0.911. The smallest absolute Gasteiger partial charge is 0.387 e. The van der Waals surface area contributed by atoms with Gasteiger partial charge in [0.2, 0.25) is 5.95 Å². The van der Waals surface area contributed by atoms with Gasteiger partial charge in [-0.15, -0.1) is 10.2 Å². The number of thioether (sulfide) groups is 1. The van der Waals surface area contributed by atoms with Crippen LogP contribution < -0.4 is 10.5 Å². The van der Waals surface area contributed by atoms with E-state index in [0.29, 0.717) is 22.4 Å². The van der Waals surface area contributed by atoms with Gasteiger partial charge >= 0.3 is 6.61 Å². The van der Waals surface area contributed by atoms with Crippen LogP contribution in [0.5, 0.6) is 5.75 Å². The van der Waals surface area contributed by atoms with Gasteiger partial charge in [0.25, 0.3) is 0 Å². The lowest BCUT2D eigenvalue weighted by atomic mass is 10.2. The lowest BCUT2D eigenvalue weighted by molar-refractivity contribution is -0.0503. The number of para-hydroxylation sites is 1. The van der Waals surface area contributed by atoms with Crippen LogP contribution in [0.3, 0.4) is 0 Å². The minimum absolute atomic E-state index is 0.167. The SMILES string of the molecule is Cn1c(N)nnc1SCc1ccccc1OC(F)F. The first-order valence-corrected chi connectivity index (χ1v) is 6.37. The Morgan fingerprint density at radius 1 is 1.37 bits per heavy atom. The molecule has 0 saturated carbocycles. The van der Waals surface area contributed by atoms with Gasteiger partial charge in [-0.2, -0.15) is 8.78 Å². The fraction of sp³-hybridized carbons (Fsp3) is 0.273. The molecule has 1 aromatic heterocycles. The van der Waals surface area contributed by atoms with Crippen LogP contribution in [-0.2, 0) is 12.8 Å². The number of hydrogen-bond donors (Lipinski definition) is 1. The molecular weight excluding hydrogens is 274 g/mol. The van der Waals surface area contributed by atoms with Crippen molar-refractivity contribution < 1.29 is 13.5 Å². The summed E-state index contributed by atoms with van der Waals surface area (Å²) in [6.45, 7) is -2.84. The third kappa shape index (κ3) is 3.34. The lowest BCUT2D eigenvalue weighted by Crippen LogP contribution is -2.04. The Labute approximate surface area is 112 Å². The van der Waals surface area contributed by atoms with Crippen LogP contribution in [-0.4, -0.2) is 21.4 Å². The summed E-state index contributed by atoms with van der Waals surface area (Å²) in [4.78, 5) is 0. The molecule has 0 unspecified atom stereocenters. The number of nitrogens with two attached hydrogens (primary N) is 1. The Hall–Kier alpha value is -1.83. The summed E-state index contributed by atoms with van der Waals surface area (Å²) < 4.78 is 30.6. The van der Waals surface area contributed by atoms with E-state index in [4.69, 9.17) is 5.73 Å². The summed E-state index contributed by atoms with van der Waals surface area (Å²) in [5, 5.41) is 8.22. The highest BCUT2D eigenvalue weighted by atomic mass is 32.2. The molecule has 0 saturated heterocycles. The van der Waals surface area contributed by atoms with Gasteiger partial charge in [0.05, 0.1) is 0 Å². The number of aromatic nitrogens is 3. The van der Waals surface area contributed by atoms with Crippen LogP contribution in [0.4, 0.5) is 14.7 Å². The number of benzene rings is 1. The van der Waals surface area contributed by atoms with Gasteiger partial charge in [0.1, 0.15) is 5.75 Å². The van der Waals surface area contributed by atoms with Crippen molar-refractivity contribution in [2.45, 2.75) is 17.5 Å². The first-order valence-electron chi connectivity index (χ1n) is 5.38. The molecular formula is C11H12F2N4OS. The highest BCUT2D eigenvalue weighted by molar-refractivity contribution is 7.98. The molecule has 0 aliphatic carbocycles. The first-order chi connectivity index (χ1) is 9.08. The summed E-state index contributed by atoms with van der Waals surface area (Å²) in [6, 6.07) is 6.64. The van der Waals surface area contributed by atoms with E-state index < -0.39 is 6.61 Å². The normalized spacial score (nSPS) is 10.9. The molecule has 1 heterocycles. The largest absolute Gasteiger partial charge is 0.435 e. The van der Waals surface area contributed by atoms with Crippen molar-refractivity contribution >= 4 is 17.7 Å². The van der Waals surface area contributed by atoms with E-state index in [1.165, 1.54) is 17.8 Å². The lowest BCUT2D eigenvalue weighted by Gasteiger charge is -2.09. The Balaban J connectivity index is 2.09. The topological polar surface area (TPSA) is 66.0 Å². The summed E-state index contributed by atoms with van der Waals surface area (Å²) in [7, 11) is 1.74. The van der Waals surface area contributed by atoms with Gasteiger partial charge < -0.3 is 10.5 Å². The summed E-state index contributed by atoms with van der Waals surface area (Å²) in [6.07, 6.45) is 0. The number of hydrogen-bond acceptors (Lipinski definition) is 5. The van der Waals surface area contributed by atoms with Gasteiger partial charge in [-0.25, -0.2) is 0 Å². The molecule has 19 heavy (non-hydrogen) atoms. The van der Waals surface area contributed by atoms with E-state index in [-0.39, 0.29) is 5.75 Å². The maximum atomic E-state index is 12.3. The van der Waals surface area contributed by atoms with Crippen molar-refractivity contribution in [2.24, 2.45) is 7.05 Å². The van der Waals surface area contributed by atoms with Gasteiger partial charge in [0, 0.05) is 18.4 Å². The highest BCUT2D eigenvalue weighted by Crippen LogP contribution is 2.28. The van der Waals surface area contributed by atoms with Gasteiger partial charge in [0.15, 0.2) is 5.16 Å². The second-order valence-corrected chi connectivity index (χ2v) is 4.62. The quantitative estimate of drug-likeness (QED) is 0.854. The number of halogens is 2. The number of rotatable bonds is 5. The van der Waals surface area contributed by atoms with Crippen LogP contribution in [0.15, 0.2) is 29.4 Å². The van der Waals surface area contributed by atoms with Crippen molar-refractivity contribution in [2.75, 3.05) is 5.73 Å². The van der Waals surface area contributed by atoms with E-state index in [0.717, 1.165) is 0 Å². The fourth-order valence-electron chi connectivity index (χ4n) is 1.43. The van der Waals surface area contributed by atoms with Crippen molar-refractivity contribution in [3.05, 3.63) is 29.8 Å². The second-order valence-electron chi connectivity index (χ2n) is 3.67. The Morgan fingerprint density at radius 3 is 2.74 bits per heavy atom. The zero-order valence-corrected chi connectivity index (χ0v) is 10.9. The van der Waals surface area contributed by atoms with Gasteiger partial charge in [-0.05, 0) is 6.07 Å². The summed E-state index contributed by atoms with van der Waals surface area (Å²) >= 11 is 1.35. The van der Waals surface area contributed by atoms with Crippen molar-refractivity contribution in [1.29, 1.82) is 0 Å². The van der Waals surface area contributed by atoms with Crippen LogP contribution >= 0.6 is 11.8 Å². The molecule has 0 spiro atoms. The summed E-state index contributed by atoms with van der Waals surface area (Å²) in [5.41, 5.74) is 6.22. The van der Waals surface area contributed by atoms with Crippen molar-refractivity contribution in [1.82, 2.24) is 14.8 Å². The molecule has 0 radical (unpaired) electrons. The molecule has 0 aliphatic rings. The van der Waals surface area contributed by atoms with E-state index in [2.05, 4.69) is 14.9 Å². The molecule has 2 rings (SSSR count). The van der Waals surface area contributed by atoms with Crippen molar-refractivity contribution in [3.8, 4) is 5.75 Å². The zero-order chi connectivity index (χ0) is 13.8. The second kappa shape index (κ2) is 5.87. The molecule has 1 aromatic carbocycles. The highest BCUT2D eigenvalue weighted by Gasteiger charge is 2.11. The maximum Gasteiger partial charge on any atom is 0.387 e. The number of alkyl halides is 2. The molecule has 2 aromatic rings. The third-order valence-electron chi connectivity index (χ3n) is 2.41. The Bertz CT molecular complexity index is 561. The predicted octanol–water partition coefficient (Wildman–Crippen LogP) is 2.29. The molecule has 8 heteroatoms. The predicted molar refractivity (Wildman–Crippen MR) is 68.1 cm³/mol. The van der Waals surface area contributed by atoms with Crippen LogP contribution in [0.2, 0.25) is 0 Å². The molecule has 0 amide bonds. The average molecular weight is 286 g/mol. The standard InChI is InChI=1S/C11H12F2N4OS/c1-17-10(14)15-16-11(17)19-6-7-4-2-3-5-8(7)18-9(12)13/h2-5,9H,6H2,1H3,(H2,14,15). The maximum absolute atomic E-state index is 12.3. The first kappa shape index (κ1) is 13.6. The van der Waals surface area contributed by atoms with E-state index in [1.54, 1.807) is 29.8 Å². The number of anilines is 1. The van der Waals surface area contributed by atoms with E-state index in [1.807, 2.05) is 0 Å². The van der Waals surface area contributed by atoms with Gasteiger partial charge in [-0.3, -0.25) is 4.57 Å². The Kier molecular flexibility index (Phi) is 4.20. The number of nitrogens with zero attached hydrogens (tertiary/aromatic N) is 3. The van der Waals surface area contributed by atoms with Crippen LogP contribution in [0.1, 0.15) is 5.56 Å². The average Bonchev–Trinajstić information content (AvgIpc) is 2.68. The molecule has 5 nitrogen and oxygen atoms in total. The minimum atomic E-state index is -2.84. The molecule has 0 bridgehead atoms.